The number of rotatable bonds is 13. The number of fused-ring (bicyclic) bond motifs is 2. The number of anilines is 1. The molecule has 0 fully saturated rings. The molecule has 0 saturated heterocycles. The fourth-order valence-electron chi connectivity index (χ4n) is 6.60. The maximum Gasteiger partial charge on any atom is 0.274 e. The van der Waals surface area contributed by atoms with E-state index in [2.05, 4.69) is 18.6 Å². The molecule has 12 heteroatoms. The Kier molecular flexibility index (Phi) is 11.5. The molecular weight excluding hydrogens is 686 g/mol. The van der Waals surface area contributed by atoms with Gasteiger partial charge in [-0.1, -0.05) is 62.3 Å². The van der Waals surface area contributed by atoms with Gasteiger partial charge in [-0.3, -0.25) is 9.59 Å². The zero-order valence-electron chi connectivity index (χ0n) is 29.4. The van der Waals surface area contributed by atoms with Gasteiger partial charge >= 0.3 is 0 Å². The number of unbranched alkanes of at least 4 members (excludes halogenated alkanes) is 2. The molecule has 9 nitrogen and oxygen atoms in total. The number of aliphatic hydroxyl groups is 1. The average molecular weight is 730 g/mol. The van der Waals surface area contributed by atoms with Crippen LogP contribution in [0.1, 0.15) is 82.8 Å². The molecule has 1 aliphatic heterocycles. The summed E-state index contributed by atoms with van der Waals surface area (Å²) in [5, 5.41) is 15.9. The molecule has 1 unspecified atom stereocenters. The first kappa shape index (κ1) is 36.6. The molecule has 5 aromatic rings. The molecule has 0 aliphatic carbocycles. The Bertz CT molecular complexity index is 2040. The number of halogens is 1. The molecule has 2 atom stereocenters. The SMILES string of the molecule is CCCCN(CCCC)C(=O)c1cc(C)n(-c2ccc(N[S+]([O-])c3sc4ccc(F)cc4c3C)cc2C(=O)N2Cc3ccccc3C[C@H]2CO)n1. The number of carbonyl (C=O) groups is 2. The van der Waals surface area contributed by atoms with Crippen LogP contribution in [0, 0.1) is 19.7 Å². The fourth-order valence-corrected chi connectivity index (χ4v) is 9.04. The molecule has 2 amide bonds. The molecular formula is C39H44FN5O4S2. The minimum Gasteiger partial charge on any atom is -0.587 e. The van der Waals surface area contributed by atoms with E-state index in [1.807, 2.05) is 43.0 Å². The Hall–Kier alpha value is -4.23. The molecule has 1 aliphatic rings. The van der Waals surface area contributed by atoms with Crippen LogP contribution in [0.3, 0.4) is 0 Å². The molecule has 51 heavy (non-hydrogen) atoms. The van der Waals surface area contributed by atoms with Gasteiger partial charge in [0.1, 0.15) is 17.2 Å². The Morgan fingerprint density at radius 2 is 1.76 bits per heavy atom. The minimum absolute atomic E-state index is 0.146. The third kappa shape index (κ3) is 7.69. The number of nitrogens with zero attached hydrogens (tertiary/aromatic N) is 4. The monoisotopic (exact) mass is 729 g/mol. The van der Waals surface area contributed by atoms with E-state index in [4.69, 9.17) is 5.10 Å². The smallest absolute Gasteiger partial charge is 0.274 e. The van der Waals surface area contributed by atoms with Crippen molar-refractivity contribution in [2.45, 2.75) is 76.6 Å². The van der Waals surface area contributed by atoms with Crippen molar-refractivity contribution in [1.82, 2.24) is 19.6 Å². The third-order valence-electron chi connectivity index (χ3n) is 9.47. The van der Waals surface area contributed by atoms with Crippen molar-refractivity contribution in [2.75, 3.05) is 24.4 Å². The standard InChI is InChI=1S/C39H44FN5O4S2/c1-5-7-17-43(18-8-6-2)38(48)34-19-25(3)45(41-34)35-15-14-30(42-51(49)39-26(4)32-21-29(40)13-16-36(32)50-39)22-33(35)37(47)44-23-28-12-10-9-11-27(28)20-31(44)24-46/h9-16,19,21-22,31,42,46H,5-8,17-18,20,23-24H2,1-4H3/t31-,51?/m0/s1. The zero-order valence-corrected chi connectivity index (χ0v) is 31.1. The summed E-state index contributed by atoms with van der Waals surface area (Å²) >= 11 is -0.383. The van der Waals surface area contributed by atoms with E-state index in [1.54, 1.807) is 39.9 Å². The lowest BCUT2D eigenvalue weighted by Crippen LogP contribution is -2.46. The van der Waals surface area contributed by atoms with Crippen molar-refractivity contribution >= 4 is 50.3 Å². The van der Waals surface area contributed by atoms with Crippen LogP contribution in [0.4, 0.5) is 10.1 Å². The van der Waals surface area contributed by atoms with Crippen molar-refractivity contribution in [1.29, 1.82) is 0 Å². The highest BCUT2D eigenvalue weighted by molar-refractivity contribution is 7.94. The topological polar surface area (TPSA) is 114 Å². The number of aliphatic hydroxyl groups excluding tert-OH is 1. The lowest BCUT2D eigenvalue weighted by atomic mass is 9.93. The van der Waals surface area contributed by atoms with Gasteiger partial charge in [0.05, 0.1) is 29.6 Å². The molecule has 0 radical (unpaired) electrons. The number of hydrogen-bond acceptors (Lipinski definition) is 7. The largest absolute Gasteiger partial charge is 0.587 e. The van der Waals surface area contributed by atoms with Crippen LogP contribution in [0.15, 0.2) is 70.9 Å². The van der Waals surface area contributed by atoms with Gasteiger partial charge in [-0.2, -0.15) is 5.10 Å². The van der Waals surface area contributed by atoms with Crippen molar-refractivity contribution in [3.63, 3.8) is 0 Å². The maximum absolute atomic E-state index is 14.6. The predicted molar refractivity (Wildman–Crippen MR) is 201 cm³/mol. The fraction of sp³-hybridized carbons (Fsp3) is 0.359. The molecule has 3 heterocycles. The first-order valence-electron chi connectivity index (χ1n) is 17.5. The van der Waals surface area contributed by atoms with Crippen LogP contribution in [0.5, 0.6) is 0 Å². The van der Waals surface area contributed by atoms with E-state index >= 15 is 0 Å². The third-order valence-corrected chi connectivity index (χ3v) is 12.3. The highest BCUT2D eigenvalue weighted by atomic mass is 32.2. The number of nitrogens with one attached hydrogen (secondary N) is 1. The summed E-state index contributed by atoms with van der Waals surface area (Å²) < 4.78 is 33.8. The summed E-state index contributed by atoms with van der Waals surface area (Å²) in [6.45, 7) is 9.26. The summed E-state index contributed by atoms with van der Waals surface area (Å²) in [4.78, 5) is 31.9. The van der Waals surface area contributed by atoms with Crippen LogP contribution in [0.25, 0.3) is 15.8 Å². The highest BCUT2D eigenvalue weighted by Crippen LogP contribution is 2.36. The molecule has 6 rings (SSSR count). The van der Waals surface area contributed by atoms with Crippen LogP contribution < -0.4 is 4.72 Å². The van der Waals surface area contributed by atoms with Gasteiger partial charge in [0.2, 0.25) is 4.21 Å². The first-order valence-corrected chi connectivity index (χ1v) is 19.5. The number of hydrogen-bond donors (Lipinski definition) is 2. The summed E-state index contributed by atoms with van der Waals surface area (Å²) in [5.74, 6) is -0.828. The lowest BCUT2D eigenvalue weighted by molar-refractivity contribution is 0.0544. The molecule has 3 aromatic carbocycles. The van der Waals surface area contributed by atoms with Crippen molar-refractivity contribution in [2.24, 2.45) is 0 Å². The first-order chi connectivity index (χ1) is 24.6. The van der Waals surface area contributed by atoms with Crippen molar-refractivity contribution in [3.05, 3.63) is 106 Å². The number of benzene rings is 3. The molecule has 0 saturated carbocycles. The number of thiophene rings is 1. The van der Waals surface area contributed by atoms with Crippen LogP contribution in [-0.2, 0) is 24.3 Å². The zero-order chi connectivity index (χ0) is 36.2. The van der Waals surface area contributed by atoms with Gasteiger partial charge < -0.3 is 19.5 Å². The van der Waals surface area contributed by atoms with E-state index in [0.717, 1.165) is 47.1 Å². The van der Waals surface area contributed by atoms with Gasteiger partial charge in [0.15, 0.2) is 5.69 Å². The van der Waals surface area contributed by atoms with Gasteiger partial charge in [0.25, 0.3) is 11.8 Å². The Morgan fingerprint density at radius 1 is 1.04 bits per heavy atom. The predicted octanol–water partition coefficient (Wildman–Crippen LogP) is 7.58. The second-order valence-corrected chi connectivity index (χ2v) is 15.5. The van der Waals surface area contributed by atoms with Gasteiger partial charge in [-0.25, -0.2) is 13.8 Å². The number of carbonyl (C=O) groups excluding carboxylic acids is 2. The van der Waals surface area contributed by atoms with Crippen LogP contribution in [-0.4, -0.2) is 66.8 Å². The Labute approximate surface area is 305 Å². The Balaban J connectivity index is 1.39. The van der Waals surface area contributed by atoms with Gasteiger partial charge in [0, 0.05) is 41.0 Å². The van der Waals surface area contributed by atoms with Gasteiger partial charge in [-0.05, 0) is 86.7 Å². The van der Waals surface area contributed by atoms with E-state index < -0.39 is 17.4 Å². The van der Waals surface area contributed by atoms with Gasteiger partial charge in [-0.15, -0.1) is 0 Å². The summed E-state index contributed by atoms with van der Waals surface area (Å²) in [6.07, 6.45) is 4.24. The summed E-state index contributed by atoms with van der Waals surface area (Å²) in [6, 6.07) is 18.9. The second-order valence-electron chi connectivity index (χ2n) is 13.1. The van der Waals surface area contributed by atoms with Crippen molar-refractivity contribution < 1.29 is 23.6 Å². The van der Waals surface area contributed by atoms with E-state index in [9.17, 15) is 23.6 Å². The average Bonchev–Trinajstić information content (AvgIpc) is 3.69. The molecule has 0 spiro atoms. The molecule has 0 bridgehead atoms. The second kappa shape index (κ2) is 16.0. The van der Waals surface area contributed by atoms with E-state index in [-0.39, 0.29) is 29.8 Å². The number of amides is 2. The summed E-state index contributed by atoms with van der Waals surface area (Å²) in [7, 11) is 0. The van der Waals surface area contributed by atoms with E-state index in [1.165, 1.54) is 23.5 Å². The molecule has 2 N–H and O–H groups in total. The number of aryl methyl sites for hydroxylation is 2. The van der Waals surface area contributed by atoms with Crippen LogP contribution in [0.2, 0.25) is 0 Å². The number of aromatic nitrogens is 2. The maximum atomic E-state index is 14.6. The molecule has 268 valence electrons. The highest BCUT2D eigenvalue weighted by Gasteiger charge is 2.33. The van der Waals surface area contributed by atoms with Crippen LogP contribution >= 0.6 is 11.3 Å². The van der Waals surface area contributed by atoms with E-state index in [0.29, 0.717) is 58.4 Å². The lowest BCUT2D eigenvalue weighted by Gasteiger charge is -2.36. The quantitative estimate of drug-likeness (QED) is 0.121. The van der Waals surface area contributed by atoms with Crippen molar-refractivity contribution in [3.8, 4) is 5.69 Å². The Morgan fingerprint density at radius 3 is 2.47 bits per heavy atom. The molecule has 2 aromatic heterocycles. The minimum atomic E-state index is -1.71. The summed E-state index contributed by atoms with van der Waals surface area (Å²) in [5.41, 5.74) is 4.99. The normalized spacial score (nSPS) is 14.8.